The quantitative estimate of drug-likeness (QED) is 0.331. The second-order valence-corrected chi connectivity index (χ2v) is 7.02. The molecule has 0 aliphatic carbocycles. The van der Waals surface area contributed by atoms with E-state index >= 15 is 0 Å². The SMILES string of the molecule is CN=C(NCCCN1CC(C)OC(C)C1)NCc1ccc(F)cc1C(F)(F)F. The van der Waals surface area contributed by atoms with E-state index in [2.05, 4.69) is 34.4 Å². The highest BCUT2D eigenvalue weighted by atomic mass is 19.4. The zero-order valence-corrected chi connectivity index (χ0v) is 16.4. The monoisotopic (exact) mass is 404 g/mol. The summed E-state index contributed by atoms with van der Waals surface area (Å²) in [4.78, 5) is 6.36. The van der Waals surface area contributed by atoms with Crippen LogP contribution < -0.4 is 10.6 Å². The standard InChI is InChI=1S/C19H28F4N4O/c1-13-11-27(12-14(2)28-13)8-4-7-25-18(24-3)26-10-15-5-6-16(20)9-17(15)19(21,22)23/h5-6,9,13-14H,4,7-8,10-12H2,1-3H3,(H2,24,25,26). The van der Waals surface area contributed by atoms with Gasteiger partial charge in [-0.05, 0) is 38.0 Å². The van der Waals surface area contributed by atoms with E-state index in [1.807, 2.05) is 0 Å². The van der Waals surface area contributed by atoms with E-state index in [0.29, 0.717) is 18.6 Å². The molecule has 2 N–H and O–H groups in total. The molecule has 1 heterocycles. The van der Waals surface area contributed by atoms with Crippen molar-refractivity contribution in [1.82, 2.24) is 15.5 Å². The third kappa shape index (κ3) is 6.94. The van der Waals surface area contributed by atoms with Crippen LogP contribution in [0.1, 0.15) is 31.4 Å². The lowest BCUT2D eigenvalue weighted by molar-refractivity contribution is -0.138. The summed E-state index contributed by atoms with van der Waals surface area (Å²) < 4.78 is 58.1. The number of hydrogen-bond acceptors (Lipinski definition) is 3. The Bertz CT molecular complexity index is 656. The van der Waals surface area contributed by atoms with Gasteiger partial charge in [0.25, 0.3) is 0 Å². The molecule has 158 valence electrons. The maximum absolute atomic E-state index is 13.2. The van der Waals surface area contributed by atoms with E-state index in [4.69, 9.17) is 4.74 Å². The minimum atomic E-state index is -4.61. The van der Waals surface area contributed by atoms with Crippen molar-refractivity contribution in [2.75, 3.05) is 33.2 Å². The summed E-state index contributed by atoms with van der Waals surface area (Å²) in [6, 6.07) is 2.67. The Morgan fingerprint density at radius 1 is 1.21 bits per heavy atom. The Balaban J connectivity index is 1.79. The number of morpholine rings is 1. The van der Waals surface area contributed by atoms with Crippen LogP contribution >= 0.6 is 0 Å². The Kier molecular flexibility index (Phi) is 8.06. The molecule has 0 aromatic heterocycles. The highest BCUT2D eigenvalue weighted by Gasteiger charge is 2.33. The van der Waals surface area contributed by atoms with Crippen LogP contribution in [0.15, 0.2) is 23.2 Å². The minimum Gasteiger partial charge on any atom is -0.373 e. The number of alkyl halides is 3. The third-order valence-corrected chi connectivity index (χ3v) is 4.49. The fraction of sp³-hybridized carbons (Fsp3) is 0.632. The first-order chi connectivity index (χ1) is 13.2. The van der Waals surface area contributed by atoms with Gasteiger partial charge in [-0.25, -0.2) is 4.39 Å². The number of guanidine groups is 1. The lowest BCUT2D eigenvalue weighted by atomic mass is 10.1. The highest BCUT2D eigenvalue weighted by molar-refractivity contribution is 5.79. The zero-order valence-electron chi connectivity index (χ0n) is 16.4. The molecule has 2 atom stereocenters. The van der Waals surface area contributed by atoms with Gasteiger partial charge in [0.05, 0.1) is 17.8 Å². The first-order valence-electron chi connectivity index (χ1n) is 9.37. The van der Waals surface area contributed by atoms with Crippen LogP contribution in [0.3, 0.4) is 0 Å². The molecular weight excluding hydrogens is 376 g/mol. The van der Waals surface area contributed by atoms with Crippen LogP contribution in [0, 0.1) is 5.82 Å². The molecule has 1 aliphatic rings. The van der Waals surface area contributed by atoms with Gasteiger partial charge in [-0.15, -0.1) is 0 Å². The van der Waals surface area contributed by atoms with Gasteiger partial charge >= 0.3 is 6.18 Å². The molecule has 1 fully saturated rings. The lowest BCUT2D eigenvalue weighted by Gasteiger charge is -2.35. The van der Waals surface area contributed by atoms with Gasteiger partial charge in [-0.3, -0.25) is 9.89 Å². The van der Waals surface area contributed by atoms with Crippen LogP contribution in [0.5, 0.6) is 0 Å². The molecule has 2 unspecified atom stereocenters. The predicted molar refractivity (Wildman–Crippen MR) is 101 cm³/mol. The lowest BCUT2D eigenvalue weighted by Crippen LogP contribution is -2.46. The first-order valence-corrected chi connectivity index (χ1v) is 9.37. The van der Waals surface area contributed by atoms with Gasteiger partial charge in [0.2, 0.25) is 0 Å². The Morgan fingerprint density at radius 2 is 1.89 bits per heavy atom. The molecule has 0 saturated carbocycles. The van der Waals surface area contributed by atoms with E-state index in [-0.39, 0.29) is 24.3 Å². The number of benzene rings is 1. The summed E-state index contributed by atoms with van der Waals surface area (Å²) in [6.07, 6.45) is -3.32. The summed E-state index contributed by atoms with van der Waals surface area (Å²) in [5, 5.41) is 5.95. The topological polar surface area (TPSA) is 48.9 Å². The number of aliphatic imine (C=N–C) groups is 1. The molecule has 5 nitrogen and oxygen atoms in total. The number of ether oxygens (including phenoxy) is 1. The van der Waals surface area contributed by atoms with Gasteiger partial charge in [-0.2, -0.15) is 13.2 Å². The second-order valence-electron chi connectivity index (χ2n) is 7.02. The molecule has 1 aromatic carbocycles. The van der Waals surface area contributed by atoms with E-state index in [1.54, 1.807) is 7.05 Å². The number of hydrogen-bond donors (Lipinski definition) is 2. The third-order valence-electron chi connectivity index (χ3n) is 4.49. The summed E-state index contributed by atoms with van der Waals surface area (Å²) in [7, 11) is 1.55. The van der Waals surface area contributed by atoms with Crippen LogP contribution in [0.4, 0.5) is 17.6 Å². The smallest absolute Gasteiger partial charge is 0.373 e. The van der Waals surface area contributed by atoms with Gasteiger partial charge in [0, 0.05) is 39.8 Å². The van der Waals surface area contributed by atoms with Gasteiger partial charge in [-0.1, -0.05) is 6.07 Å². The van der Waals surface area contributed by atoms with Gasteiger partial charge in [0.15, 0.2) is 5.96 Å². The molecule has 9 heteroatoms. The van der Waals surface area contributed by atoms with Crippen LogP contribution in [-0.4, -0.2) is 56.3 Å². The maximum atomic E-state index is 13.2. The molecule has 0 radical (unpaired) electrons. The Hall–Kier alpha value is -1.87. The number of halogens is 4. The first kappa shape index (κ1) is 22.4. The highest BCUT2D eigenvalue weighted by Crippen LogP contribution is 2.32. The predicted octanol–water partition coefficient (Wildman–Crippen LogP) is 3.01. The molecule has 28 heavy (non-hydrogen) atoms. The normalized spacial score (nSPS) is 21.6. The molecule has 1 aromatic rings. The van der Waals surface area contributed by atoms with Crippen molar-refractivity contribution in [2.45, 2.75) is 45.2 Å². The van der Waals surface area contributed by atoms with Crippen LogP contribution in [0.25, 0.3) is 0 Å². The van der Waals surface area contributed by atoms with Gasteiger partial charge < -0.3 is 15.4 Å². The molecule has 1 aliphatic heterocycles. The van der Waals surface area contributed by atoms with Crippen molar-refractivity contribution >= 4 is 5.96 Å². The van der Waals surface area contributed by atoms with E-state index in [0.717, 1.165) is 38.2 Å². The van der Waals surface area contributed by atoms with E-state index in [1.165, 1.54) is 0 Å². The van der Waals surface area contributed by atoms with Crippen LogP contribution in [0.2, 0.25) is 0 Å². The number of rotatable bonds is 6. The van der Waals surface area contributed by atoms with Crippen molar-refractivity contribution in [3.05, 3.63) is 35.1 Å². The molecule has 0 spiro atoms. The van der Waals surface area contributed by atoms with Crippen molar-refractivity contribution in [2.24, 2.45) is 4.99 Å². The zero-order chi connectivity index (χ0) is 20.7. The second kappa shape index (κ2) is 10.1. The largest absolute Gasteiger partial charge is 0.416 e. The van der Waals surface area contributed by atoms with Crippen molar-refractivity contribution in [1.29, 1.82) is 0 Å². The molecule has 2 rings (SSSR count). The Labute approximate surface area is 163 Å². The van der Waals surface area contributed by atoms with Crippen molar-refractivity contribution < 1.29 is 22.3 Å². The molecule has 0 amide bonds. The summed E-state index contributed by atoms with van der Waals surface area (Å²) >= 11 is 0. The average molecular weight is 404 g/mol. The maximum Gasteiger partial charge on any atom is 0.416 e. The van der Waals surface area contributed by atoms with Gasteiger partial charge in [0.1, 0.15) is 5.82 Å². The molecular formula is C19H28F4N4O. The fourth-order valence-electron chi connectivity index (χ4n) is 3.34. The van der Waals surface area contributed by atoms with Crippen molar-refractivity contribution in [3.63, 3.8) is 0 Å². The van der Waals surface area contributed by atoms with Crippen LogP contribution in [-0.2, 0) is 17.5 Å². The Morgan fingerprint density at radius 3 is 2.50 bits per heavy atom. The summed E-state index contributed by atoms with van der Waals surface area (Å²) in [6.45, 7) is 7.32. The van der Waals surface area contributed by atoms with Crippen molar-refractivity contribution in [3.8, 4) is 0 Å². The summed E-state index contributed by atoms with van der Waals surface area (Å²) in [5.41, 5.74) is -1.01. The number of nitrogens with one attached hydrogen (secondary N) is 2. The average Bonchev–Trinajstić information content (AvgIpc) is 2.60. The summed E-state index contributed by atoms with van der Waals surface area (Å²) in [5.74, 6) is -0.508. The van der Waals surface area contributed by atoms with E-state index in [9.17, 15) is 17.6 Å². The molecule has 0 bridgehead atoms. The minimum absolute atomic E-state index is 0.0341. The fourth-order valence-corrected chi connectivity index (χ4v) is 3.34. The van der Waals surface area contributed by atoms with E-state index < -0.39 is 17.6 Å². The number of nitrogens with zero attached hydrogens (tertiary/aromatic N) is 2. The molecule has 1 saturated heterocycles.